The molecular weight excluding hydrogens is 441 g/mol. The van der Waals surface area contributed by atoms with Gasteiger partial charge in [0.05, 0.1) is 12.5 Å². The van der Waals surface area contributed by atoms with Crippen molar-refractivity contribution in [2.45, 2.75) is 33.9 Å². The summed E-state index contributed by atoms with van der Waals surface area (Å²) in [5.74, 6) is -0.446. The first-order chi connectivity index (χ1) is 16.2. The third-order valence-electron chi connectivity index (χ3n) is 5.70. The number of ether oxygens (including phenoxy) is 1. The maximum absolute atomic E-state index is 15.3. The Kier molecular flexibility index (Phi) is 5.92. The van der Waals surface area contributed by atoms with Gasteiger partial charge < -0.3 is 9.84 Å². The number of hydrogen-bond acceptors (Lipinski definition) is 6. The summed E-state index contributed by atoms with van der Waals surface area (Å²) in [4.78, 5) is 30.5. The summed E-state index contributed by atoms with van der Waals surface area (Å²) in [7, 11) is 1.46. The van der Waals surface area contributed by atoms with Crippen molar-refractivity contribution in [3.63, 3.8) is 0 Å². The van der Waals surface area contributed by atoms with Gasteiger partial charge in [0.25, 0.3) is 5.56 Å². The van der Waals surface area contributed by atoms with Gasteiger partial charge in [0.2, 0.25) is 5.88 Å². The van der Waals surface area contributed by atoms with Crippen LogP contribution in [0.2, 0.25) is 0 Å². The molecule has 0 aliphatic heterocycles. The molecule has 34 heavy (non-hydrogen) atoms. The van der Waals surface area contributed by atoms with Crippen LogP contribution in [0, 0.1) is 12.7 Å². The topological polar surface area (TPSA) is 104 Å². The van der Waals surface area contributed by atoms with E-state index in [1.54, 1.807) is 32.3 Å². The molecular formula is C24H24FN5O4. The molecule has 0 radical (unpaired) electrons. The zero-order valence-electron chi connectivity index (χ0n) is 19.3. The van der Waals surface area contributed by atoms with E-state index in [-0.39, 0.29) is 29.3 Å². The van der Waals surface area contributed by atoms with Crippen molar-refractivity contribution >= 4 is 16.3 Å². The van der Waals surface area contributed by atoms with E-state index in [9.17, 15) is 14.7 Å². The molecule has 3 aromatic heterocycles. The third kappa shape index (κ3) is 3.52. The number of benzene rings is 1. The van der Waals surface area contributed by atoms with E-state index in [4.69, 9.17) is 4.74 Å². The molecule has 3 heterocycles. The van der Waals surface area contributed by atoms with E-state index in [0.29, 0.717) is 22.2 Å². The average Bonchev–Trinajstić information content (AvgIpc) is 3.14. The van der Waals surface area contributed by atoms with E-state index in [1.807, 2.05) is 6.92 Å². The number of aliphatic hydroxyl groups excluding tert-OH is 1. The standard InChI is InChI=1S/C24H24FN5O4/c1-6-28-20(12-31)27-30(24(28)33)19-10-15-16(9-18(19)25)23(32)29(11-17(15)13(2)3)21-14(4)7-8-26-22(21)34-5/h7-11,31H,2,6,12H2,1,3-5H3. The Morgan fingerprint density at radius 3 is 2.59 bits per heavy atom. The summed E-state index contributed by atoms with van der Waals surface area (Å²) in [5.41, 5.74) is 1.17. The maximum atomic E-state index is 15.3. The number of rotatable bonds is 6. The first-order valence-electron chi connectivity index (χ1n) is 10.6. The number of allylic oxidation sites excluding steroid dienone is 1. The molecule has 0 spiro atoms. The fourth-order valence-electron chi connectivity index (χ4n) is 4.01. The van der Waals surface area contributed by atoms with E-state index in [0.717, 1.165) is 16.3 Å². The Bertz CT molecular complexity index is 1560. The predicted octanol–water partition coefficient (Wildman–Crippen LogP) is 2.73. The van der Waals surface area contributed by atoms with Gasteiger partial charge in [-0.05, 0) is 55.5 Å². The summed E-state index contributed by atoms with van der Waals surface area (Å²) in [6, 6.07) is 4.24. The minimum atomic E-state index is -0.808. The minimum absolute atomic E-state index is 0.0948. The third-order valence-corrected chi connectivity index (χ3v) is 5.70. The Morgan fingerprint density at radius 1 is 1.26 bits per heavy atom. The monoisotopic (exact) mass is 465 g/mol. The van der Waals surface area contributed by atoms with Gasteiger partial charge >= 0.3 is 5.69 Å². The van der Waals surface area contributed by atoms with Gasteiger partial charge in [-0.15, -0.1) is 5.10 Å². The number of aromatic nitrogens is 5. The molecule has 0 atom stereocenters. The van der Waals surface area contributed by atoms with Crippen LogP contribution in [-0.4, -0.2) is 36.1 Å². The summed E-state index contributed by atoms with van der Waals surface area (Å²) >= 11 is 0. The SMILES string of the molecule is C=C(C)c1cn(-c2c(C)ccnc2OC)c(=O)c2cc(F)c(-n3nc(CO)n(CC)c3=O)cc12. The van der Waals surface area contributed by atoms with Crippen molar-refractivity contribution in [2.75, 3.05) is 7.11 Å². The van der Waals surface area contributed by atoms with Crippen LogP contribution in [0.25, 0.3) is 27.7 Å². The molecule has 0 saturated heterocycles. The first kappa shape index (κ1) is 23.1. The van der Waals surface area contributed by atoms with Crippen molar-refractivity contribution in [1.29, 1.82) is 0 Å². The normalized spacial score (nSPS) is 11.2. The van der Waals surface area contributed by atoms with Crippen molar-refractivity contribution in [3.05, 3.63) is 80.8 Å². The van der Waals surface area contributed by atoms with Gasteiger partial charge in [-0.1, -0.05) is 6.58 Å². The first-order valence-corrected chi connectivity index (χ1v) is 10.6. The summed E-state index contributed by atoms with van der Waals surface area (Å²) in [5, 5.41) is 14.1. The predicted molar refractivity (Wildman–Crippen MR) is 126 cm³/mol. The second-order valence-electron chi connectivity index (χ2n) is 7.85. The number of hydrogen-bond donors (Lipinski definition) is 1. The van der Waals surface area contributed by atoms with Crippen LogP contribution in [0.4, 0.5) is 4.39 Å². The lowest BCUT2D eigenvalue weighted by Gasteiger charge is -2.17. The Balaban J connectivity index is 2.09. The lowest BCUT2D eigenvalue weighted by atomic mass is 10.0. The van der Waals surface area contributed by atoms with Crippen molar-refractivity contribution in [2.24, 2.45) is 0 Å². The van der Waals surface area contributed by atoms with E-state index >= 15 is 4.39 Å². The quantitative estimate of drug-likeness (QED) is 0.470. The number of aliphatic hydroxyl groups is 1. The number of pyridine rings is 2. The van der Waals surface area contributed by atoms with E-state index in [2.05, 4.69) is 16.7 Å². The molecule has 0 unspecified atom stereocenters. The summed E-state index contributed by atoms with van der Waals surface area (Å²) < 4.78 is 24.2. The zero-order valence-corrected chi connectivity index (χ0v) is 19.3. The Hall–Kier alpha value is -4.05. The van der Waals surface area contributed by atoms with Crippen molar-refractivity contribution in [3.8, 4) is 17.3 Å². The van der Waals surface area contributed by atoms with Gasteiger partial charge in [0.15, 0.2) is 5.82 Å². The van der Waals surface area contributed by atoms with Gasteiger partial charge in [0, 0.05) is 24.5 Å². The smallest absolute Gasteiger partial charge is 0.350 e. The van der Waals surface area contributed by atoms with Crippen molar-refractivity contribution < 1.29 is 14.2 Å². The molecule has 10 heteroatoms. The highest BCUT2D eigenvalue weighted by Gasteiger charge is 2.21. The number of aryl methyl sites for hydroxylation is 1. The second kappa shape index (κ2) is 8.71. The highest BCUT2D eigenvalue weighted by Crippen LogP contribution is 2.29. The lowest BCUT2D eigenvalue weighted by molar-refractivity contribution is 0.264. The summed E-state index contributed by atoms with van der Waals surface area (Å²) in [6.07, 6.45) is 3.18. The van der Waals surface area contributed by atoms with Crippen LogP contribution in [0.15, 0.2) is 46.8 Å². The maximum Gasteiger partial charge on any atom is 0.350 e. The average molecular weight is 465 g/mol. The van der Waals surface area contributed by atoms with E-state index < -0.39 is 23.7 Å². The molecule has 1 N–H and O–H groups in total. The zero-order chi connectivity index (χ0) is 24.7. The molecule has 0 bridgehead atoms. The Morgan fingerprint density at radius 2 is 2.00 bits per heavy atom. The second-order valence-corrected chi connectivity index (χ2v) is 7.85. The minimum Gasteiger partial charge on any atom is -0.479 e. The molecule has 4 rings (SSSR count). The fourth-order valence-corrected chi connectivity index (χ4v) is 4.01. The summed E-state index contributed by atoms with van der Waals surface area (Å²) in [6.45, 7) is 9.11. The van der Waals surface area contributed by atoms with Crippen LogP contribution in [-0.2, 0) is 13.2 Å². The number of methoxy groups -OCH3 is 1. The molecule has 0 aliphatic rings. The van der Waals surface area contributed by atoms with Gasteiger partial charge in [0.1, 0.15) is 23.8 Å². The highest BCUT2D eigenvalue weighted by atomic mass is 19.1. The number of nitrogens with zero attached hydrogens (tertiary/aromatic N) is 5. The lowest BCUT2D eigenvalue weighted by Crippen LogP contribution is -2.25. The molecule has 1 aromatic carbocycles. The molecule has 0 saturated carbocycles. The fraction of sp³-hybridized carbons (Fsp3) is 0.250. The van der Waals surface area contributed by atoms with Crippen molar-refractivity contribution in [1.82, 2.24) is 23.9 Å². The van der Waals surface area contributed by atoms with Gasteiger partial charge in [-0.3, -0.25) is 13.9 Å². The number of halogens is 1. The molecule has 4 aromatic rings. The van der Waals surface area contributed by atoms with Crippen LogP contribution in [0.3, 0.4) is 0 Å². The Labute approximate surface area is 194 Å². The van der Waals surface area contributed by atoms with Crippen LogP contribution in [0.1, 0.15) is 30.8 Å². The largest absolute Gasteiger partial charge is 0.479 e. The van der Waals surface area contributed by atoms with Gasteiger partial charge in [-0.2, -0.15) is 4.68 Å². The molecule has 0 amide bonds. The van der Waals surface area contributed by atoms with Crippen LogP contribution < -0.4 is 16.0 Å². The van der Waals surface area contributed by atoms with Crippen LogP contribution >= 0.6 is 0 Å². The molecule has 0 fully saturated rings. The highest BCUT2D eigenvalue weighted by molar-refractivity contribution is 5.94. The van der Waals surface area contributed by atoms with Gasteiger partial charge in [-0.25, -0.2) is 14.2 Å². The molecule has 176 valence electrons. The van der Waals surface area contributed by atoms with E-state index in [1.165, 1.54) is 22.3 Å². The van der Waals surface area contributed by atoms with Crippen LogP contribution in [0.5, 0.6) is 5.88 Å². The molecule has 9 nitrogen and oxygen atoms in total. The molecule has 0 aliphatic carbocycles. The number of fused-ring (bicyclic) bond motifs is 1.